The summed E-state index contributed by atoms with van der Waals surface area (Å²) in [7, 11) is 0. The first kappa shape index (κ1) is 25.5. The van der Waals surface area contributed by atoms with Gasteiger partial charge in [-0.1, -0.05) is 50.2 Å². The molecule has 0 radical (unpaired) electrons. The minimum atomic E-state index is -4.40. The van der Waals surface area contributed by atoms with Crippen molar-refractivity contribution in [1.82, 2.24) is 9.80 Å². The number of ether oxygens (including phenoxy) is 1. The maximum atomic E-state index is 13.0. The summed E-state index contributed by atoms with van der Waals surface area (Å²) < 4.78 is 45.0. The molecule has 35 heavy (non-hydrogen) atoms. The highest BCUT2D eigenvalue weighted by Crippen LogP contribution is 2.41. The zero-order valence-electron chi connectivity index (χ0n) is 20.6. The number of carbonyl (C=O) groups is 1. The largest absolute Gasteiger partial charge is 0.493 e. The van der Waals surface area contributed by atoms with E-state index in [2.05, 4.69) is 24.8 Å². The summed E-state index contributed by atoms with van der Waals surface area (Å²) in [5, 5.41) is 0. The van der Waals surface area contributed by atoms with Gasteiger partial charge >= 0.3 is 6.18 Å². The molecule has 4 nitrogen and oxygen atoms in total. The van der Waals surface area contributed by atoms with Gasteiger partial charge in [-0.25, -0.2) is 0 Å². The Bertz CT molecular complexity index is 1010. The molecule has 2 aromatic carbocycles. The van der Waals surface area contributed by atoms with Crippen LogP contribution in [0, 0.1) is 11.3 Å². The number of amides is 1. The van der Waals surface area contributed by atoms with Gasteiger partial charge in [-0.15, -0.1) is 0 Å². The fourth-order valence-electron chi connectivity index (χ4n) is 5.16. The van der Waals surface area contributed by atoms with Gasteiger partial charge in [0.05, 0.1) is 18.6 Å². The summed E-state index contributed by atoms with van der Waals surface area (Å²) in [4.78, 5) is 17.2. The van der Waals surface area contributed by atoms with Crippen LogP contribution in [0.5, 0.6) is 5.75 Å². The third-order valence-electron chi connectivity index (χ3n) is 7.26. The highest BCUT2D eigenvalue weighted by molar-refractivity contribution is 5.79. The molecule has 4 rings (SSSR count). The first-order valence-corrected chi connectivity index (χ1v) is 12.5. The summed E-state index contributed by atoms with van der Waals surface area (Å²) >= 11 is 0. The van der Waals surface area contributed by atoms with Gasteiger partial charge in [-0.2, -0.15) is 13.2 Å². The van der Waals surface area contributed by atoms with E-state index in [0.29, 0.717) is 31.2 Å². The number of halogens is 3. The third kappa shape index (κ3) is 6.57. The minimum Gasteiger partial charge on any atom is -0.493 e. The number of piperidine rings is 1. The smallest absolute Gasteiger partial charge is 0.416 e. The van der Waals surface area contributed by atoms with E-state index in [0.717, 1.165) is 56.8 Å². The Hall–Kier alpha value is -2.54. The van der Waals surface area contributed by atoms with Crippen LogP contribution < -0.4 is 4.74 Å². The van der Waals surface area contributed by atoms with Crippen molar-refractivity contribution in [2.24, 2.45) is 11.3 Å². The molecule has 1 amide bonds. The van der Waals surface area contributed by atoms with Gasteiger partial charge in [-0.3, -0.25) is 9.69 Å². The number of hydrogen-bond donors (Lipinski definition) is 0. The van der Waals surface area contributed by atoms with Crippen LogP contribution in [-0.2, 0) is 23.9 Å². The molecule has 0 unspecified atom stereocenters. The minimum absolute atomic E-state index is 0.0132. The van der Waals surface area contributed by atoms with E-state index in [-0.39, 0.29) is 17.7 Å². The molecule has 2 heterocycles. The van der Waals surface area contributed by atoms with Crippen LogP contribution in [0.25, 0.3) is 0 Å². The van der Waals surface area contributed by atoms with Crippen LogP contribution in [0.3, 0.4) is 0 Å². The average molecular weight is 489 g/mol. The van der Waals surface area contributed by atoms with Crippen molar-refractivity contribution in [3.05, 3.63) is 65.2 Å². The van der Waals surface area contributed by atoms with E-state index in [1.165, 1.54) is 11.6 Å². The van der Waals surface area contributed by atoms with Gasteiger partial charge < -0.3 is 9.64 Å². The second-order valence-electron chi connectivity index (χ2n) is 10.5. The second kappa shape index (κ2) is 10.6. The molecule has 0 saturated carbocycles. The standard InChI is InChI=1S/C28H35F3N2O2/c1-21(2)19-35-25-9-4-3-7-23(25)18-32-13-10-27(11-14-32)12-15-33(20-27)26(34)17-22-6-5-8-24(16-22)28(29,30)31/h3-9,16,21H,10-15,17-20H2,1-2H3. The summed E-state index contributed by atoms with van der Waals surface area (Å²) in [5.41, 5.74) is 1.03. The van der Waals surface area contributed by atoms with Crippen molar-refractivity contribution < 1.29 is 22.7 Å². The monoisotopic (exact) mass is 488 g/mol. The molecule has 2 aliphatic rings. The number of likely N-dealkylation sites (tertiary alicyclic amines) is 2. The maximum Gasteiger partial charge on any atom is 0.416 e. The van der Waals surface area contributed by atoms with Crippen molar-refractivity contribution in [3.8, 4) is 5.75 Å². The van der Waals surface area contributed by atoms with Crippen molar-refractivity contribution in [1.29, 1.82) is 0 Å². The van der Waals surface area contributed by atoms with Crippen LogP contribution in [-0.4, -0.2) is 48.5 Å². The molecule has 2 aliphatic heterocycles. The SMILES string of the molecule is CC(C)COc1ccccc1CN1CCC2(CC1)CCN(C(=O)Cc1cccc(C(F)(F)F)c1)C2. The summed E-state index contributed by atoms with van der Waals surface area (Å²) in [6.45, 7) is 9.15. The molecular weight excluding hydrogens is 453 g/mol. The molecule has 2 fully saturated rings. The lowest BCUT2D eigenvalue weighted by Crippen LogP contribution is -2.42. The Labute approximate surface area is 206 Å². The van der Waals surface area contributed by atoms with Gasteiger partial charge in [0.25, 0.3) is 0 Å². The lowest BCUT2D eigenvalue weighted by Gasteiger charge is -2.39. The van der Waals surface area contributed by atoms with Gasteiger partial charge in [-0.05, 0) is 61.4 Å². The molecule has 2 saturated heterocycles. The molecule has 1 spiro atoms. The highest BCUT2D eigenvalue weighted by Gasteiger charge is 2.42. The number of nitrogens with zero attached hydrogens (tertiary/aromatic N) is 2. The molecule has 7 heteroatoms. The predicted octanol–water partition coefficient (Wildman–Crippen LogP) is 5.80. The first-order valence-electron chi connectivity index (χ1n) is 12.5. The number of para-hydroxylation sites is 1. The molecule has 0 aliphatic carbocycles. The maximum absolute atomic E-state index is 13.0. The van der Waals surface area contributed by atoms with Crippen molar-refractivity contribution >= 4 is 5.91 Å². The topological polar surface area (TPSA) is 32.8 Å². The Balaban J connectivity index is 1.30. The predicted molar refractivity (Wildman–Crippen MR) is 130 cm³/mol. The molecule has 190 valence electrons. The Kier molecular flexibility index (Phi) is 7.74. The fraction of sp³-hybridized carbons (Fsp3) is 0.536. The molecule has 0 bridgehead atoms. The molecule has 0 N–H and O–H groups in total. The Morgan fingerprint density at radius 2 is 1.74 bits per heavy atom. The number of benzene rings is 2. The normalized spacial score (nSPS) is 18.4. The van der Waals surface area contributed by atoms with E-state index < -0.39 is 11.7 Å². The Morgan fingerprint density at radius 3 is 2.46 bits per heavy atom. The van der Waals surface area contributed by atoms with E-state index >= 15 is 0 Å². The zero-order chi connectivity index (χ0) is 25.1. The lowest BCUT2D eigenvalue weighted by molar-refractivity contribution is -0.138. The lowest BCUT2D eigenvalue weighted by atomic mass is 9.77. The fourth-order valence-corrected chi connectivity index (χ4v) is 5.16. The number of rotatable bonds is 7. The van der Waals surface area contributed by atoms with E-state index in [4.69, 9.17) is 4.74 Å². The average Bonchev–Trinajstić information content (AvgIpc) is 3.23. The summed E-state index contributed by atoms with van der Waals surface area (Å²) in [6, 6.07) is 13.3. The number of alkyl halides is 3. The number of hydrogen-bond acceptors (Lipinski definition) is 3. The quantitative estimate of drug-likeness (QED) is 0.494. The van der Waals surface area contributed by atoms with Crippen LogP contribution in [0.2, 0.25) is 0 Å². The van der Waals surface area contributed by atoms with Crippen LogP contribution in [0.15, 0.2) is 48.5 Å². The number of carbonyl (C=O) groups excluding carboxylic acids is 1. The van der Waals surface area contributed by atoms with E-state index in [1.807, 2.05) is 23.1 Å². The van der Waals surface area contributed by atoms with Gasteiger partial charge in [0.1, 0.15) is 5.75 Å². The summed E-state index contributed by atoms with van der Waals surface area (Å²) in [6.07, 6.45) is -1.38. The van der Waals surface area contributed by atoms with Crippen molar-refractivity contribution in [2.45, 2.75) is 52.3 Å². The van der Waals surface area contributed by atoms with Crippen molar-refractivity contribution in [2.75, 3.05) is 32.8 Å². The Morgan fingerprint density at radius 1 is 1.03 bits per heavy atom. The molecule has 2 aromatic rings. The van der Waals surface area contributed by atoms with Crippen LogP contribution in [0.4, 0.5) is 13.2 Å². The molecular formula is C28H35F3N2O2. The zero-order valence-corrected chi connectivity index (χ0v) is 20.6. The highest BCUT2D eigenvalue weighted by atomic mass is 19.4. The van der Waals surface area contributed by atoms with Crippen LogP contribution in [0.1, 0.15) is 49.8 Å². The summed E-state index contributed by atoms with van der Waals surface area (Å²) in [5.74, 6) is 1.34. The van der Waals surface area contributed by atoms with E-state index in [9.17, 15) is 18.0 Å². The first-order chi connectivity index (χ1) is 16.6. The third-order valence-corrected chi connectivity index (χ3v) is 7.26. The molecule has 0 atom stereocenters. The molecule has 0 aromatic heterocycles. The van der Waals surface area contributed by atoms with Gasteiger partial charge in [0, 0.05) is 25.2 Å². The van der Waals surface area contributed by atoms with Crippen molar-refractivity contribution in [3.63, 3.8) is 0 Å². The second-order valence-corrected chi connectivity index (χ2v) is 10.5. The van der Waals surface area contributed by atoms with Gasteiger partial charge in [0.15, 0.2) is 0 Å². The van der Waals surface area contributed by atoms with Gasteiger partial charge in [0.2, 0.25) is 5.91 Å². The van der Waals surface area contributed by atoms with Crippen LogP contribution >= 0.6 is 0 Å². The van der Waals surface area contributed by atoms with E-state index in [1.54, 1.807) is 6.07 Å².